The van der Waals surface area contributed by atoms with Gasteiger partial charge in [0, 0.05) is 25.0 Å². The lowest BCUT2D eigenvalue weighted by molar-refractivity contribution is 0.173. The topological polar surface area (TPSA) is 47.0 Å². The molecule has 4 nitrogen and oxygen atoms in total. The lowest BCUT2D eigenvalue weighted by atomic mass is 9.97. The third-order valence-corrected chi connectivity index (χ3v) is 12.2. The molecule has 3 rings (SSSR count). The van der Waals surface area contributed by atoms with E-state index in [4.69, 9.17) is 4.43 Å². The van der Waals surface area contributed by atoms with E-state index in [2.05, 4.69) is 56.8 Å². The van der Waals surface area contributed by atoms with Crippen molar-refractivity contribution in [2.75, 3.05) is 6.54 Å². The summed E-state index contributed by atoms with van der Waals surface area (Å²) in [6.45, 7) is 14.6. The number of rotatable bonds is 9. The van der Waals surface area contributed by atoms with Crippen molar-refractivity contribution < 1.29 is 4.43 Å². The Morgan fingerprint density at radius 1 is 1.12 bits per heavy atom. The van der Waals surface area contributed by atoms with E-state index in [0.29, 0.717) is 11.5 Å². The zero-order valence-electron chi connectivity index (χ0n) is 17.5. The summed E-state index contributed by atoms with van der Waals surface area (Å²) in [5.41, 5.74) is 2.61. The molecule has 0 amide bonds. The monoisotopic (exact) mass is 375 g/mol. The number of nitrogens with one attached hydrogen (secondary N) is 1. The van der Waals surface area contributed by atoms with Crippen LogP contribution in [-0.4, -0.2) is 30.9 Å². The summed E-state index contributed by atoms with van der Waals surface area (Å²) in [6.07, 6.45) is 6.25. The van der Waals surface area contributed by atoms with E-state index < -0.39 is 8.32 Å². The number of aryl methyl sites for hydroxylation is 1. The second-order valence-corrected chi connectivity index (χ2v) is 13.7. The fraction of sp³-hybridized carbons (Fsp3) is 0.810. The molecule has 5 heteroatoms. The van der Waals surface area contributed by atoms with Gasteiger partial charge in [-0.2, -0.15) is 0 Å². The van der Waals surface area contributed by atoms with Gasteiger partial charge < -0.3 is 9.74 Å². The van der Waals surface area contributed by atoms with E-state index in [-0.39, 0.29) is 6.10 Å². The Balaban J connectivity index is 1.69. The fourth-order valence-corrected chi connectivity index (χ4v) is 7.97. The number of nitrogens with zero attached hydrogens (tertiary/aromatic N) is 2. The molecule has 3 atom stereocenters. The van der Waals surface area contributed by atoms with Gasteiger partial charge in [0.1, 0.15) is 6.10 Å². The predicted octanol–water partition coefficient (Wildman–Crippen LogP) is 4.87. The van der Waals surface area contributed by atoms with Gasteiger partial charge in [-0.05, 0) is 55.1 Å². The van der Waals surface area contributed by atoms with Crippen LogP contribution in [0.2, 0.25) is 18.1 Å². The van der Waals surface area contributed by atoms with E-state index >= 15 is 0 Å². The van der Waals surface area contributed by atoms with E-state index in [1.165, 1.54) is 12.8 Å². The molecule has 146 valence electrons. The van der Waals surface area contributed by atoms with Crippen LogP contribution >= 0.6 is 0 Å². The highest BCUT2D eigenvalue weighted by Gasteiger charge is 2.61. The van der Waals surface area contributed by atoms with Crippen molar-refractivity contribution in [3.8, 4) is 0 Å². The average Bonchev–Trinajstić information content (AvgIpc) is 2.99. The van der Waals surface area contributed by atoms with Gasteiger partial charge >= 0.3 is 0 Å². The summed E-state index contributed by atoms with van der Waals surface area (Å²) in [5, 5.41) is 3.83. The second kappa shape index (κ2) is 7.68. The molecule has 0 spiro atoms. The molecule has 0 bridgehead atoms. The van der Waals surface area contributed by atoms with Gasteiger partial charge in [-0.1, -0.05) is 34.6 Å². The zero-order valence-corrected chi connectivity index (χ0v) is 18.5. The van der Waals surface area contributed by atoms with Crippen LogP contribution in [0.15, 0.2) is 12.4 Å². The molecule has 26 heavy (non-hydrogen) atoms. The Morgan fingerprint density at radius 2 is 1.69 bits per heavy atom. The van der Waals surface area contributed by atoms with Gasteiger partial charge in [0.2, 0.25) is 0 Å². The highest BCUT2D eigenvalue weighted by Crippen LogP contribution is 2.66. The standard InChI is InChI=1S/C21H37N3OSi/c1-7-26(8-2,9-3)25-19(20-15(4)22-10-11-23-20)14-24-16-12-17-18(13-16)21(17,5)6/h10-11,16-19,24H,7-9,12-14H2,1-6H3. The van der Waals surface area contributed by atoms with Gasteiger partial charge in [-0.25, -0.2) is 0 Å². The molecule has 1 aromatic heterocycles. The largest absolute Gasteiger partial charge is 0.407 e. The van der Waals surface area contributed by atoms with Crippen molar-refractivity contribution in [2.45, 2.75) is 84.7 Å². The van der Waals surface area contributed by atoms with Crippen molar-refractivity contribution >= 4 is 8.32 Å². The summed E-state index contributed by atoms with van der Waals surface area (Å²) >= 11 is 0. The second-order valence-electron chi connectivity index (χ2n) is 8.99. The first-order chi connectivity index (χ1) is 12.4. The first kappa shape index (κ1) is 20.0. The lowest BCUT2D eigenvalue weighted by Gasteiger charge is -2.34. The quantitative estimate of drug-likeness (QED) is 0.625. The molecular weight excluding hydrogens is 338 g/mol. The predicted molar refractivity (Wildman–Crippen MR) is 110 cm³/mol. The highest BCUT2D eigenvalue weighted by atomic mass is 28.4. The molecular formula is C21H37N3OSi. The van der Waals surface area contributed by atoms with Crippen LogP contribution in [0.25, 0.3) is 0 Å². The minimum absolute atomic E-state index is 0.0279. The zero-order chi connectivity index (χ0) is 18.9. The maximum absolute atomic E-state index is 6.87. The lowest BCUT2D eigenvalue weighted by Crippen LogP contribution is -2.42. The molecule has 0 aromatic carbocycles. The third-order valence-electron chi connectivity index (χ3n) is 7.51. The van der Waals surface area contributed by atoms with Crippen LogP contribution in [0.4, 0.5) is 0 Å². The van der Waals surface area contributed by atoms with Crippen molar-refractivity contribution in [3.63, 3.8) is 0 Å². The summed E-state index contributed by atoms with van der Waals surface area (Å²) < 4.78 is 6.87. The Hall–Kier alpha value is -0.783. The maximum atomic E-state index is 6.87. The molecule has 2 aliphatic rings. The number of hydrogen-bond acceptors (Lipinski definition) is 4. The van der Waals surface area contributed by atoms with Crippen molar-refractivity contribution in [1.82, 2.24) is 15.3 Å². The number of aromatic nitrogens is 2. The van der Waals surface area contributed by atoms with Crippen LogP contribution in [0, 0.1) is 24.2 Å². The summed E-state index contributed by atoms with van der Waals surface area (Å²) in [7, 11) is -1.70. The fourth-order valence-electron chi connectivity index (χ4n) is 5.17. The van der Waals surface area contributed by atoms with Gasteiger partial charge in [0.15, 0.2) is 8.32 Å². The number of fused-ring (bicyclic) bond motifs is 1. The third kappa shape index (κ3) is 3.76. The smallest absolute Gasteiger partial charge is 0.193 e. The summed E-state index contributed by atoms with van der Waals surface area (Å²) in [6, 6.07) is 4.13. The number of hydrogen-bond donors (Lipinski definition) is 1. The van der Waals surface area contributed by atoms with Crippen LogP contribution in [0.3, 0.4) is 0 Å². The molecule has 0 saturated heterocycles. The van der Waals surface area contributed by atoms with Gasteiger partial charge in [-0.3, -0.25) is 9.97 Å². The van der Waals surface area contributed by atoms with Crippen molar-refractivity contribution in [1.29, 1.82) is 0 Å². The summed E-state index contributed by atoms with van der Waals surface area (Å²) in [5.74, 6) is 1.85. The SMILES string of the molecule is CC[Si](CC)(CC)OC(CNC1CC2C(C1)C2(C)C)c1nccnc1C. The van der Waals surface area contributed by atoms with E-state index in [0.717, 1.165) is 47.9 Å². The molecule has 2 fully saturated rings. The van der Waals surface area contributed by atoms with Crippen molar-refractivity contribution in [2.24, 2.45) is 17.3 Å². The van der Waals surface area contributed by atoms with Crippen molar-refractivity contribution in [3.05, 3.63) is 23.8 Å². The molecule has 1 N–H and O–H groups in total. The average molecular weight is 376 g/mol. The van der Waals surface area contributed by atoms with Gasteiger partial charge in [0.05, 0.1) is 11.4 Å². The minimum atomic E-state index is -1.70. The van der Waals surface area contributed by atoms with E-state index in [1.54, 1.807) is 12.4 Å². The van der Waals surface area contributed by atoms with Crippen LogP contribution < -0.4 is 5.32 Å². The highest BCUT2D eigenvalue weighted by molar-refractivity contribution is 6.73. The van der Waals surface area contributed by atoms with Gasteiger partial charge in [-0.15, -0.1) is 0 Å². The molecule has 2 aliphatic carbocycles. The first-order valence-electron chi connectivity index (χ1n) is 10.6. The van der Waals surface area contributed by atoms with E-state index in [1.807, 2.05) is 0 Å². The Morgan fingerprint density at radius 3 is 2.23 bits per heavy atom. The van der Waals surface area contributed by atoms with Gasteiger partial charge in [0.25, 0.3) is 0 Å². The molecule has 0 radical (unpaired) electrons. The van der Waals surface area contributed by atoms with Crippen LogP contribution in [0.1, 0.15) is 65.0 Å². The molecule has 1 heterocycles. The molecule has 1 aromatic rings. The van der Waals surface area contributed by atoms with Crippen LogP contribution in [-0.2, 0) is 4.43 Å². The minimum Gasteiger partial charge on any atom is -0.407 e. The Kier molecular flexibility index (Phi) is 5.90. The Labute approximate surface area is 160 Å². The van der Waals surface area contributed by atoms with Crippen LogP contribution in [0.5, 0.6) is 0 Å². The molecule has 3 unspecified atom stereocenters. The Bertz CT molecular complexity index is 595. The first-order valence-corrected chi connectivity index (χ1v) is 13.1. The van der Waals surface area contributed by atoms with E-state index in [9.17, 15) is 0 Å². The maximum Gasteiger partial charge on any atom is 0.193 e. The normalized spacial score (nSPS) is 28.0. The molecule has 2 saturated carbocycles. The summed E-state index contributed by atoms with van der Waals surface area (Å²) in [4.78, 5) is 9.12. The molecule has 0 aliphatic heterocycles.